The molecule has 7 nitrogen and oxygen atoms in total. The fraction of sp³-hybridized carbons (Fsp3) is 0.316. The molecule has 2 aromatic carbocycles. The van der Waals surface area contributed by atoms with Crippen molar-refractivity contribution in [1.29, 1.82) is 0 Å². The zero-order valence-corrected chi connectivity index (χ0v) is 17.1. The van der Waals surface area contributed by atoms with Gasteiger partial charge in [-0.05, 0) is 36.2 Å². The second-order valence-corrected chi connectivity index (χ2v) is 8.38. The Morgan fingerprint density at radius 2 is 1.77 bits per heavy atom. The summed E-state index contributed by atoms with van der Waals surface area (Å²) in [6, 6.07) is 7.39. The quantitative estimate of drug-likeness (QED) is 0.604. The highest BCUT2D eigenvalue weighted by Gasteiger charge is 2.31. The second-order valence-electron chi connectivity index (χ2n) is 6.73. The minimum atomic E-state index is -4.63. The molecule has 0 spiro atoms. The SMILES string of the molecule is COc1cc(NC(=O)[C@H](O)C(C)C)ccc1S(=O)(=O)Nc1cccc(C(F)(F)F)c1. The number of aliphatic hydroxyl groups excluding tert-OH is 1. The van der Waals surface area contributed by atoms with Gasteiger partial charge in [0, 0.05) is 17.4 Å². The minimum absolute atomic E-state index is 0.147. The topological polar surface area (TPSA) is 105 Å². The van der Waals surface area contributed by atoms with Crippen molar-refractivity contribution in [1.82, 2.24) is 0 Å². The van der Waals surface area contributed by atoms with E-state index >= 15 is 0 Å². The monoisotopic (exact) mass is 446 g/mol. The number of nitrogens with one attached hydrogen (secondary N) is 2. The third kappa shape index (κ3) is 5.63. The number of sulfonamides is 1. The number of rotatable bonds is 7. The molecule has 0 saturated heterocycles. The molecule has 1 amide bonds. The second kappa shape index (κ2) is 8.92. The summed E-state index contributed by atoms with van der Waals surface area (Å²) in [5, 5.41) is 12.2. The molecule has 0 unspecified atom stereocenters. The largest absolute Gasteiger partial charge is 0.495 e. The number of carbonyl (C=O) groups is 1. The van der Waals surface area contributed by atoms with Gasteiger partial charge in [0.1, 0.15) is 16.7 Å². The number of hydrogen-bond donors (Lipinski definition) is 3. The molecule has 1 atom stereocenters. The molecule has 0 fully saturated rings. The van der Waals surface area contributed by atoms with Crippen LogP contribution < -0.4 is 14.8 Å². The average Bonchev–Trinajstić information content (AvgIpc) is 2.66. The zero-order valence-electron chi connectivity index (χ0n) is 16.3. The molecule has 11 heteroatoms. The van der Waals surface area contributed by atoms with Crippen LogP contribution in [-0.2, 0) is 21.0 Å². The predicted octanol–water partition coefficient (Wildman–Crippen LogP) is 3.47. The first-order valence-corrected chi connectivity index (χ1v) is 10.2. The van der Waals surface area contributed by atoms with Crippen LogP contribution in [0.25, 0.3) is 0 Å². The molecule has 0 aromatic heterocycles. The maximum absolute atomic E-state index is 12.8. The van der Waals surface area contributed by atoms with E-state index in [-0.39, 0.29) is 27.9 Å². The van der Waals surface area contributed by atoms with Gasteiger partial charge in [-0.15, -0.1) is 0 Å². The zero-order chi connectivity index (χ0) is 22.7. The van der Waals surface area contributed by atoms with E-state index in [0.717, 1.165) is 18.2 Å². The van der Waals surface area contributed by atoms with Crippen molar-refractivity contribution in [2.45, 2.75) is 31.0 Å². The number of ether oxygens (including phenoxy) is 1. The smallest absolute Gasteiger partial charge is 0.416 e. The van der Waals surface area contributed by atoms with Crippen LogP contribution in [0.4, 0.5) is 24.5 Å². The molecular weight excluding hydrogens is 425 g/mol. The number of halogens is 3. The normalized spacial score (nSPS) is 13.1. The molecule has 0 aliphatic rings. The Morgan fingerprint density at radius 1 is 1.10 bits per heavy atom. The highest BCUT2D eigenvalue weighted by atomic mass is 32.2. The maximum Gasteiger partial charge on any atom is 0.416 e. The number of carbonyl (C=O) groups excluding carboxylic acids is 1. The number of methoxy groups -OCH3 is 1. The number of hydrogen-bond acceptors (Lipinski definition) is 5. The summed E-state index contributed by atoms with van der Waals surface area (Å²) in [5.41, 5.74) is -1.10. The van der Waals surface area contributed by atoms with Gasteiger partial charge >= 0.3 is 6.18 Å². The molecule has 2 rings (SSSR count). The van der Waals surface area contributed by atoms with Gasteiger partial charge in [-0.1, -0.05) is 19.9 Å². The minimum Gasteiger partial charge on any atom is -0.495 e. The lowest BCUT2D eigenvalue weighted by Crippen LogP contribution is -2.31. The molecule has 0 aliphatic heterocycles. The molecule has 0 bridgehead atoms. The van der Waals surface area contributed by atoms with Crippen LogP contribution in [-0.4, -0.2) is 32.6 Å². The number of anilines is 2. The maximum atomic E-state index is 12.8. The van der Waals surface area contributed by atoms with E-state index in [9.17, 15) is 31.5 Å². The first kappa shape index (κ1) is 23.5. The van der Waals surface area contributed by atoms with Crippen LogP contribution in [0.1, 0.15) is 19.4 Å². The third-order valence-corrected chi connectivity index (χ3v) is 5.48. The lowest BCUT2D eigenvalue weighted by molar-refractivity contribution is -0.137. The molecular formula is C19H21F3N2O5S. The van der Waals surface area contributed by atoms with E-state index in [2.05, 4.69) is 10.0 Å². The van der Waals surface area contributed by atoms with Crippen molar-refractivity contribution in [2.75, 3.05) is 17.1 Å². The molecule has 0 heterocycles. The Hall–Kier alpha value is -2.79. The number of benzene rings is 2. The summed E-state index contributed by atoms with van der Waals surface area (Å²) in [5.74, 6) is -1.15. The van der Waals surface area contributed by atoms with E-state index in [1.165, 1.54) is 25.3 Å². The number of aliphatic hydroxyl groups is 1. The van der Waals surface area contributed by atoms with Crippen molar-refractivity contribution in [2.24, 2.45) is 5.92 Å². The molecule has 3 N–H and O–H groups in total. The predicted molar refractivity (Wildman–Crippen MR) is 105 cm³/mol. The summed E-state index contributed by atoms with van der Waals surface area (Å²) in [6.45, 7) is 3.31. The first-order valence-electron chi connectivity index (χ1n) is 8.72. The highest BCUT2D eigenvalue weighted by molar-refractivity contribution is 7.92. The number of alkyl halides is 3. The van der Waals surface area contributed by atoms with Crippen molar-refractivity contribution in [3.63, 3.8) is 0 Å². The third-order valence-electron chi connectivity index (χ3n) is 4.06. The van der Waals surface area contributed by atoms with Crippen molar-refractivity contribution in [3.8, 4) is 5.75 Å². The molecule has 0 aliphatic carbocycles. The van der Waals surface area contributed by atoms with Crippen LogP contribution in [0, 0.1) is 5.92 Å². The van der Waals surface area contributed by atoms with Gasteiger partial charge in [-0.25, -0.2) is 8.42 Å². The molecule has 30 heavy (non-hydrogen) atoms. The van der Waals surface area contributed by atoms with Gasteiger partial charge in [0.05, 0.1) is 12.7 Å². The molecule has 164 valence electrons. The Labute approximate surface area is 171 Å². The van der Waals surface area contributed by atoms with E-state index in [1.807, 2.05) is 0 Å². The standard InChI is InChI=1S/C19H21F3N2O5S/c1-11(2)17(25)18(26)23-13-7-8-16(15(10-13)29-3)30(27,28)24-14-6-4-5-12(9-14)19(20,21)22/h4-11,17,24-25H,1-3H3,(H,23,26)/t17-/m1/s1. The van der Waals surface area contributed by atoms with E-state index in [4.69, 9.17) is 4.74 Å². The van der Waals surface area contributed by atoms with Gasteiger partial charge in [0.2, 0.25) is 0 Å². The Bertz CT molecular complexity index is 1020. The summed E-state index contributed by atoms with van der Waals surface area (Å²) < 4.78 is 71.0. The van der Waals surface area contributed by atoms with Crippen LogP contribution in [0.3, 0.4) is 0 Å². The summed E-state index contributed by atoms with van der Waals surface area (Å²) in [7, 11) is -3.10. The van der Waals surface area contributed by atoms with Crippen LogP contribution >= 0.6 is 0 Å². The molecule has 0 radical (unpaired) electrons. The van der Waals surface area contributed by atoms with Crippen LogP contribution in [0.2, 0.25) is 0 Å². The highest BCUT2D eigenvalue weighted by Crippen LogP contribution is 2.33. The lowest BCUT2D eigenvalue weighted by Gasteiger charge is -2.16. The van der Waals surface area contributed by atoms with Crippen molar-refractivity contribution < 1.29 is 36.2 Å². The van der Waals surface area contributed by atoms with E-state index < -0.39 is 33.8 Å². The summed E-state index contributed by atoms with van der Waals surface area (Å²) in [6.07, 6.45) is -5.89. The van der Waals surface area contributed by atoms with Crippen molar-refractivity contribution >= 4 is 27.3 Å². The Morgan fingerprint density at radius 3 is 2.33 bits per heavy atom. The van der Waals surface area contributed by atoms with Gasteiger partial charge in [0.15, 0.2) is 0 Å². The average molecular weight is 446 g/mol. The summed E-state index contributed by atoms with van der Waals surface area (Å²) >= 11 is 0. The molecule has 0 saturated carbocycles. The molecule has 2 aromatic rings. The number of amides is 1. The lowest BCUT2D eigenvalue weighted by atomic mass is 10.1. The first-order chi connectivity index (χ1) is 13.8. The van der Waals surface area contributed by atoms with Crippen LogP contribution in [0.5, 0.6) is 5.75 Å². The van der Waals surface area contributed by atoms with Crippen LogP contribution in [0.15, 0.2) is 47.4 Å². The van der Waals surface area contributed by atoms with Crippen molar-refractivity contribution in [3.05, 3.63) is 48.0 Å². The fourth-order valence-electron chi connectivity index (χ4n) is 2.46. The Kier molecular flexibility index (Phi) is 6.99. The van der Waals surface area contributed by atoms with Gasteiger partial charge in [-0.3, -0.25) is 9.52 Å². The van der Waals surface area contributed by atoms with Gasteiger partial charge in [-0.2, -0.15) is 13.2 Å². The van der Waals surface area contributed by atoms with Gasteiger partial charge < -0.3 is 15.2 Å². The van der Waals surface area contributed by atoms with E-state index in [0.29, 0.717) is 6.07 Å². The Balaban J connectivity index is 2.31. The fourth-order valence-corrected chi connectivity index (χ4v) is 3.66. The summed E-state index contributed by atoms with van der Waals surface area (Å²) in [4.78, 5) is 11.6. The van der Waals surface area contributed by atoms with E-state index in [1.54, 1.807) is 13.8 Å². The van der Waals surface area contributed by atoms with Gasteiger partial charge in [0.25, 0.3) is 15.9 Å².